The van der Waals surface area contributed by atoms with Gasteiger partial charge in [-0.25, -0.2) is 4.98 Å². The zero-order valence-electron chi connectivity index (χ0n) is 16.5. The number of nitrogens with one attached hydrogen (secondary N) is 1. The second kappa shape index (κ2) is 7.02. The van der Waals surface area contributed by atoms with Gasteiger partial charge in [0.1, 0.15) is 11.3 Å². The van der Waals surface area contributed by atoms with E-state index in [2.05, 4.69) is 32.8 Å². The lowest BCUT2D eigenvalue weighted by atomic mass is 9.98. The summed E-state index contributed by atoms with van der Waals surface area (Å²) in [5.74, 6) is 1.76. The van der Waals surface area contributed by atoms with Crippen LogP contribution in [0.25, 0.3) is 33.6 Å². The predicted octanol–water partition coefficient (Wildman–Crippen LogP) is 3.76. The van der Waals surface area contributed by atoms with Crippen LogP contribution in [0.1, 0.15) is 30.1 Å². The Morgan fingerprint density at radius 1 is 1.03 bits per heavy atom. The molecule has 0 radical (unpaired) electrons. The molecule has 1 aliphatic rings. The molecule has 1 fully saturated rings. The van der Waals surface area contributed by atoms with Gasteiger partial charge < -0.3 is 4.42 Å². The largest absolute Gasteiger partial charge is 0.457 e. The van der Waals surface area contributed by atoms with Crippen LogP contribution < -0.4 is 5.56 Å². The summed E-state index contributed by atoms with van der Waals surface area (Å²) in [6.07, 6.45) is 3.67. The predicted molar refractivity (Wildman–Crippen MR) is 114 cm³/mol. The number of hydrogen-bond donors (Lipinski definition) is 1. The average molecular weight is 410 g/mol. The molecule has 3 heterocycles. The van der Waals surface area contributed by atoms with Crippen LogP contribution in [0.15, 0.2) is 70.1 Å². The van der Waals surface area contributed by atoms with Gasteiger partial charge in [-0.3, -0.25) is 9.36 Å². The Kier molecular flexibility index (Phi) is 4.02. The van der Waals surface area contributed by atoms with Crippen LogP contribution in [0.2, 0.25) is 0 Å². The van der Waals surface area contributed by atoms with Crippen molar-refractivity contribution >= 4 is 11.1 Å². The summed E-state index contributed by atoms with van der Waals surface area (Å²) in [5.41, 5.74) is 4.82. The zero-order valence-corrected chi connectivity index (χ0v) is 16.5. The first-order valence-corrected chi connectivity index (χ1v) is 10.2. The van der Waals surface area contributed by atoms with Gasteiger partial charge >= 0.3 is 0 Å². The first kappa shape index (κ1) is 17.8. The van der Waals surface area contributed by atoms with Crippen LogP contribution in [0.4, 0.5) is 0 Å². The van der Waals surface area contributed by atoms with E-state index in [1.165, 1.54) is 6.26 Å². The minimum Gasteiger partial charge on any atom is -0.457 e. The minimum absolute atomic E-state index is 0.122. The van der Waals surface area contributed by atoms with Gasteiger partial charge in [0.2, 0.25) is 11.4 Å². The molecule has 8 nitrogen and oxygen atoms in total. The molecule has 0 unspecified atom stereocenters. The fraction of sp³-hybridized carbons (Fsp3) is 0.174. The molecule has 3 aromatic heterocycles. The summed E-state index contributed by atoms with van der Waals surface area (Å²) in [4.78, 5) is 17.7. The van der Waals surface area contributed by atoms with E-state index in [0.717, 1.165) is 40.9 Å². The lowest BCUT2D eigenvalue weighted by molar-refractivity contribution is 0.592. The van der Waals surface area contributed by atoms with Gasteiger partial charge in [-0.05, 0) is 34.7 Å². The van der Waals surface area contributed by atoms with Gasteiger partial charge in [-0.2, -0.15) is 5.21 Å². The fourth-order valence-electron chi connectivity index (χ4n) is 3.94. The number of rotatable bonds is 5. The number of benzene rings is 2. The maximum absolute atomic E-state index is 13.0. The van der Waals surface area contributed by atoms with Crippen LogP contribution in [-0.4, -0.2) is 30.2 Å². The van der Waals surface area contributed by atoms with Crippen molar-refractivity contribution in [3.63, 3.8) is 0 Å². The molecule has 1 aliphatic carbocycles. The molecule has 6 rings (SSSR count). The van der Waals surface area contributed by atoms with Gasteiger partial charge in [0.25, 0.3) is 5.56 Å². The van der Waals surface area contributed by atoms with Crippen molar-refractivity contribution in [1.29, 1.82) is 0 Å². The standard InChI is InChI=1S/C23H18N6O2/c30-23-20-19(11-12-31-20)24-22(16-9-10-16)29(23)13-14-5-7-15(8-6-14)17-3-1-2-4-18(17)21-25-27-28-26-21/h1-8,11-12,16H,9-10,13H2,(H,25,26,27,28). The SMILES string of the molecule is O=c1c2occc2nc(C2CC2)n1Cc1ccc(-c2ccccc2-c2nn[nH]n2)cc1. The number of aromatic amines is 1. The maximum Gasteiger partial charge on any atom is 0.297 e. The van der Waals surface area contributed by atoms with E-state index >= 15 is 0 Å². The molecule has 8 heteroatoms. The lowest BCUT2D eigenvalue weighted by Gasteiger charge is -2.12. The topological polar surface area (TPSA) is 102 Å². The Bertz CT molecular complexity index is 1430. The summed E-state index contributed by atoms with van der Waals surface area (Å²) in [5, 5.41) is 14.4. The summed E-state index contributed by atoms with van der Waals surface area (Å²) in [6, 6.07) is 17.9. The van der Waals surface area contributed by atoms with E-state index in [0.29, 0.717) is 29.4 Å². The van der Waals surface area contributed by atoms with Gasteiger partial charge in [-0.15, -0.1) is 10.2 Å². The number of fused-ring (bicyclic) bond motifs is 1. The molecule has 152 valence electrons. The van der Waals surface area contributed by atoms with Crippen LogP contribution in [0.3, 0.4) is 0 Å². The van der Waals surface area contributed by atoms with E-state index in [9.17, 15) is 4.79 Å². The fourth-order valence-corrected chi connectivity index (χ4v) is 3.94. The number of nitrogens with zero attached hydrogens (tertiary/aromatic N) is 5. The number of hydrogen-bond acceptors (Lipinski definition) is 6. The Morgan fingerprint density at radius 2 is 1.84 bits per heavy atom. The second-order valence-electron chi connectivity index (χ2n) is 7.75. The maximum atomic E-state index is 13.0. The van der Waals surface area contributed by atoms with Crippen molar-refractivity contribution in [2.24, 2.45) is 0 Å². The summed E-state index contributed by atoms with van der Waals surface area (Å²) < 4.78 is 7.15. The highest BCUT2D eigenvalue weighted by Crippen LogP contribution is 2.39. The van der Waals surface area contributed by atoms with Crippen molar-refractivity contribution in [1.82, 2.24) is 30.2 Å². The monoisotopic (exact) mass is 410 g/mol. The molecule has 0 saturated heterocycles. The van der Waals surface area contributed by atoms with Crippen LogP contribution in [-0.2, 0) is 6.54 Å². The van der Waals surface area contributed by atoms with Crippen LogP contribution in [0, 0.1) is 0 Å². The molecule has 1 saturated carbocycles. The van der Waals surface area contributed by atoms with Crippen molar-refractivity contribution < 1.29 is 4.42 Å². The van der Waals surface area contributed by atoms with E-state index in [4.69, 9.17) is 9.40 Å². The highest BCUT2D eigenvalue weighted by atomic mass is 16.3. The lowest BCUT2D eigenvalue weighted by Crippen LogP contribution is -2.25. The zero-order chi connectivity index (χ0) is 20.8. The van der Waals surface area contributed by atoms with E-state index in [-0.39, 0.29) is 5.56 Å². The molecule has 0 amide bonds. The van der Waals surface area contributed by atoms with Crippen LogP contribution in [0.5, 0.6) is 0 Å². The number of aromatic nitrogens is 6. The molecular formula is C23H18N6O2. The Hall–Kier alpha value is -4.07. The third-order valence-electron chi connectivity index (χ3n) is 5.66. The molecular weight excluding hydrogens is 392 g/mol. The molecule has 31 heavy (non-hydrogen) atoms. The number of H-pyrrole nitrogens is 1. The van der Waals surface area contributed by atoms with E-state index < -0.39 is 0 Å². The van der Waals surface area contributed by atoms with Crippen molar-refractivity contribution in [3.05, 3.63) is 82.6 Å². The second-order valence-corrected chi connectivity index (χ2v) is 7.75. The third-order valence-corrected chi connectivity index (χ3v) is 5.66. The Morgan fingerprint density at radius 3 is 2.58 bits per heavy atom. The minimum atomic E-state index is -0.122. The van der Waals surface area contributed by atoms with E-state index in [1.807, 2.05) is 36.4 Å². The Labute approximate surface area is 176 Å². The molecule has 5 aromatic rings. The third kappa shape index (κ3) is 3.13. The average Bonchev–Trinajstić information content (AvgIpc) is 3.29. The van der Waals surface area contributed by atoms with Crippen molar-refractivity contribution in [2.45, 2.75) is 25.3 Å². The van der Waals surface area contributed by atoms with Gasteiger partial charge in [0, 0.05) is 17.5 Å². The molecule has 0 spiro atoms. The van der Waals surface area contributed by atoms with Crippen LogP contribution >= 0.6 is 0 Å². The molecule has 0 bridgehead atoms. The quantitative estimate of drug-likeness (QED) is 0.473. The number of tetrazole rings is 1. The normalized spacial score (nSPS) is 13.7. The molecule has 2 aromatic carbocycles. The highest BCUT2D eigenvalue weighted by molar-refractivity contribution is 5.80. The van der Waals surface area contributed by atoms with Crippen molar-refractivity contribution in [2.75, 3.05) is 0 Å². The number of furan rings is 1. The summed E-state index contributed by atoms with van der Waals surface area (Å²) in [7, 11) is 0. The molecule has 1 N–H and O–H groups in total. The van der Waals surface area contributed by atoms with Crippen molar-refractivity contribution in [3.8, 4) is 22.5 Å². The summed E-state index contributed by atoms with van der Waals surface area (Å²) in [6.45, 7) is 0.459. The summed E-state index contributed by atoms with van der Waals surface area (Å²) >= 11 is 0. The van der Waals surface area contributed by atoms with Gasteiger partial charge in [0.05, 0.1) is 12.8 Å². The molecule has 0 atom stereocenters. The Balaban J connectivity index is 1.36. The van der Waals surface area contributed by atoms with Gasteiger partial charge in [0.15, 0.2) is 0 Å². The smallest absolute Gasteiger partial charge is 0.297 e. The first-order valence-electron chi connectivity index (χ1n) is 10.2. The first-order chi connectivity index (χ1) is 15.3. The van der Waals surface area contributed by atoms with E-state index in [1.54, 1.807) is 10.6 Å². The molecule has 0 aliphatic heterocycles. The highest BCUT2D eigenvalue weighted by Gasteiger charge is 2.30. The van der Waals surface area contributed by atoms with Gasteiger partial charge in [-0.1, -0.05) is 48.5 Å².